The number of amides is 1. The average molecular weight is 262 g/mol. The number of hydrogen-bond donors (Lipinski definition) is 2. The molecule has 3 nitrogen and oxygen atoms in total. The van der Waals surface area contributed by atoms with Gasteiger partial charge < -0.3 is 11.1 Å². The van der Waals surface area contributed by atoms with E-state index in [1.165, 1.54) is 18.4 Å². The van der Waals surface area contributed by atoms with Gasteiger partial charge in [-0.2, -0.15) is 0 Å². The van der Waals surface area contributed by atoms with Gasteiger partial charge in [0.2, 0.25) is 5.91 Å². The number of carbonyl (C=O) groups is 1. The maximum absolute atomic E-state index is 11.9. The molecule has 1 amide bonds. The molecule has 0 aliphatic carbocycles. The summed E-state index contributed by atoms with van der Waals surface area (Å²) in [4.78, 5) is 11.9. The predicted molar refractivity (Wildman–Crippen MR) is 81.1 cm³/mol. The molecule has 0 saturated heterocycles. The van der Waals surface area contributed by atoms with E-state index >= 15 is 0 Å². The zero-order valence-electron chi connectivity index (χ0n) is 12.1. The summed E-state index contributed by atoms with van der Waals surface area (Å²) in [6.45, 7) is 4.78. The Labute approximate surface area is 116 Å². The van der Waals surface area contributed by atoms with Crippen molar-refractivity contribution < 1.29 is 4.79 Å². The molecule has 3 N–H and O–H groups in total. The molecule has 106 valence electrons. The van der Waals surface area contributed by atoms with Crippen molar-refractivity contribution in [1.82, 2.24) is 0 Å². The van der Waals surface area contributed by atoms with E-state index in [1.54, 1.807) is 0 Å². The quantitative estimate of drug-likeness (QED) is 0.755. The molecule has 0 radical (unpaired) electrons. The van der Waals surface area contributed by atoms with Gasteiger partial charge in [0, 0.05) is 11.6 Å². The van der Waals surface area contributed by atoms with Crippen LogP contribution in [0.2, 0.25) is 0 Å². The number of nitrogens with two attached hydrogens (primary N) is 1. The Balaban J connectivity index is 2.45. The molecular formula is C16H26N2O. The number of unbranched alkanes of at least 4 members (excludes halogenated alkanes) is 1. The van der Waals surface area contributed by atoms with Crippen LogP contribution in [0.3, 0.4) is 0 Å². The highest BCUT2D eigenvalue weighted by Crippen LogP contribution is 2.14. The summed E-state index contributed by atoms with van der Waals surface area (Å²) in [5.41, 5.74) is 7.66. The summed E-state index contributed by atoms with van der Waals surface area (Å²) < 4.78 is 0. The minimum Gasteiger partial charge on any atom is -0.330 e. The number of benzene rings is 1. The predicted octanol–water partition coefficient (Wildman–Crippen LogP) is 3.34. The number of anilines is 1. The molecule has 19 heavy (non-hydrogen) atoms. The third kappa shape index (κ3) is 5.88. The molecular weight excluding hydrogens is 236 g/mol. The van der Waals surface area contributed by atoms with E-state index in [0.29, 0.717) is 6.54 Å². The van der Waals surface area contributed by atoms with E-state index < -0.39 is 0 Å². The van der Waals surface area contributed by atoms with Crippen LogP contribution in [0.15, 0.2) is 24.3 Å². The summed E-state index contributed by atoms with van der Waals surface area (Å²) in [7, 11) is 0. The SMILES string of the molecule is CCCCc1ccc(NC(=O)C(C)CCCN)cc1. The van der Waals surface area contributed by atoms with Crippen molar-refractivity contribution in [2.75, 3.05) is 11.9 Å². The van der Waals surface area contributed by atoms with Gasteiger partial charge >= 0.3 is 0 Å². The molecule has 0 aromatic heterocycles. The fourth-order valence-electron chi connectivity index (χ4n) is 1.96. The van der Waals surface area contributed by atoms with Crippen molar-refractivity contribution >= 4 is 11.6 Å². The van der Waals surface area contributed by atoms with Crippen LogP contribution < -0.4 is 11.1 Å². The Kier molecular flexibility index (Phi) is 7.19. The van der Waals surface area contributed by atoms with E-state index in [-0.39, 0.29) is 11.8 Å². The summed E-state index contributed by atoms with van der Waals surface area (Å²) >= 11 is 0. The summed E-state index contributed by atoms with van der Waals surface area (Å²) in [6, 6.07) is 8.16. The fourth-order valence-corrected chi connectivity index (χ4v) is 1.96. The second-order valence-electron chi connectivity index (χ2n) is 5.12. The molecule has 0 heterocycles. The maximum Gasteiger partial charge on any atom is 0.227 e. The van der Waals surface area contributed by atoms with Gasteiger partial charge in [0.25, 0.3) is 0 Å². The van der Waals surface area contributed by atoms with E-state index in [2.05, 4.69) is 24.4 Å². The van der Waals surface area contributed by atoms with Gasteiger partial charge in [-0.1, -0.05) is 32.4 Å². The lowest BCUT2D eigenvalue weighted by atomic mass is 10.0. The second-order valence-corrected chi connectivity index (χ2v) is 5.12. The zero-order chi connectivity index (χ0) is 14.1. The molecule has 1 rings (SSSR count). The van der Waals surface area contributed by atoms with Crippen molar-refractivity contribution in [1.29, 1.82) is 0 Å². The summed E-state index contributed by atoms with van der Waals surface area (Å²) in [5, 5.41) is 2.95. The Morgan fingerprint density at radius 3 is 2.53 bits per heavy atom. The highest BCUT2D eigenvalue weighted by atomic mass is 16.1. The summed E-state index contributed by atoms with van der Waals surface area (Å²) in [6.07, 6.45) is 5.26. The largest absolute Gasteiger partial charge is 0.330 e. The van der Waals surface area contributed by atoms with Gasteiger partial charge in [-0.05, 0) is 49.9 Å². The Morgan fingerprint density at radius 2 is 1.95 bits per heavy atom. The van der Waals surface area contributed by atoms with Gasteiger partial charge in [0.1, 0.15) is 0 Å². The van der Waals surface area contributed by atoms with Crippen LogP contribution in [0.4, 0.5) is 5.69 Å². The van der Waals surface area contributed by atoms with E-state index in [4.69, 9.17) is 5.73 Å². The lowest BCUT2D eigenvalue weighted by Crippen LogP contribution is -2.21. The van der Waals surface area contributed by atoms with Crippen molar-refractivity contribution in [3.63, 3.8) is 0 Å². The average Bonchev–Trinajstić information content (AvgIpc) is 2.43. The van der Waals surface area contributed by atoms with Crippen molar-refractivity contribution in [3.8, 4) is 0 Å². The topological polar surface area (TPSA) is 55.1 Å². The molecule has 1 unspecified atom stereocenters. The molecule has 0 fully saturated rings. The van der Waals surface area contributed by atoms with Crippen molar-refractivity contribution in [2.45, 2.75) is 46.0 Å². The van der Waals surface area contributed by atoms with Crippen LogP contribution in [0.5, 0.6) is 0 Å². The highest BCUT2D eigenvalue weighted by molar-refractivity contribution is 5.92. The first kappa shape index (κ1) is 15.7. The molecule has 0 aliphatic heterocycles. The smallest absolute Gasteiger partial charge is 0.227 e. The third-order valence-electron chi connectivity index (χ3n) is 3.33. The maximum atomic E-state index is 11.9. The van der Waals surface area contributed by atoms with Gasteiger partial charge in [-0.3, -0.25) is 4.79 Å². The van der Waals surface area contributed by atoms with Gasteiger partial charge in [-0.15, -0.1) is 0 Å². The number of aryl methyl sites for hydroxylation is 1. The standard InChI is InChI=1S/C16H26N2O/c1-3-4-7-14-8-10-15(11-9-14)18-16(19)13(2)6-5-12-17/h8-11,13H,3-7,12,17H2,1-2H3,(H,18,19). The van der Waals surface area contributed by atoms with Crippen LogP contribution in [0, 0.1) is 5.92 Å². The van der Waals surface area contributed by atoms with E-state index in [1.807, 2.05) is 19.1 Å². The van der Waals surface area contributed by atoms with Crippen LogP contribution in [0.25, 0.3) is 0 Å². The second kappa shape index (κ2) is 8.70. The molecule has 1 aromatic carbocycles. The van der Waals surface area contributed by atoms with Crippen LogP contribution >= 0.6 is 0 Å². The molecule has 0 saturated carbocycles. The van der Waals surface area contributed by atoms with E-state index in [0.717, 1.165) is 24.9 Å². The number of hydrogen-bond acceptors (Lipinski definition) is 2. The monoisotopic (exact) mass is 262 g/mol. The highest BCUT2D eigenvalue weighted by Gasteiger charge is 2.12. The van der Waals surface area contributed by atoms with Gasteiger partial charge in [-0.25, -0.2) is 0 Å². The van der Waals surface area contributed by atoms with Crippen molar-refractivity contribution in [2.24, 2.45) is 11.7 Å². The normalized spacial score (nSPS) is 12.2. The molecule has 1 atom stereocenters. The Morgan fingerprint density at radius 1 is 1.26 bits per heavy atom. The Hall–Kier alpha value is -1.35. The molecule has 3 heteroatoms. The molecule has 1 aromatic rings. The number of nitrogens with one attached hydrogen (secondary N) is 1. The van der Waals surface area contributed by atoms with Gasteiger partial charge in [0.05, 0.1) is 0 Å². The van der Waals surface area contributed by atoms with Crippen LogP contribution in [-0.4, -0.2) is 12.5 Å². The number of carbonyl (C=O) groups excluding carboxylic acids is 1. The first-order valence-corrected chi connectivity index (χ1v) is 7.27. The Bertz CT molecular complexity index is 373. The minimum absolute atomic E-state index is 0.0170. The lowest BCUT2D eigenvalue weighted by molar-refractivity contribution is -0.119. The van der Waals surface area contributed by atoms with Crippen LogP contribution in [-0.2, 0) is 11.2 Å². The zero-order valence-corrected chi connectivity index (χ0v) is 12.1. The lowest BCUT2D eigenvalue weighted by Gasteiger charge is -2.12. The third-order valence-corrected chi connectivity index (χ3v) is 3.33. The fraction of sp³-hybridized carbons (Fsp3) is 0.562. The summed E-state index contributed by atoms with van der Waals surface area (Å²) in [5.74, 6) is 0.0954. The first-order valence-electron chi connectivity index (χ1n) is 7.27. The molecule has 0 aliphatic rings. The number of rotatable bonds is 8. The van der Waals surface area contributed by atoms with Crippen molar-refractivity contribution in [3.05, 3.63) is 29.8 Å². The van der Waals surface area contributed by atoms with E-state index in [9.17, 15) is 4.79 Å². The minimum atomic E-state index is 0.0170. The van der Waals surface area contributed by atoms with Gasteiger partial charge in [0.15, 0.2) is 0 Å². The molecule has 0 spiro atoms. The van der Waals surface area contributed by atoms with Crippen LogP contribution in [0.1, 0.15) is 45.1 Å². The molecule has 0 bridgehead atoms. The first-order chi connectivity index (χ1) is 9.17.